The molecule has 1 atom stereocenters. The number of sulfonamides is 1. The average molecular weight is 317 g/mol. The summed E-state index contributed by atoms with van der Waals surface area (Å²) < 4.78 is 35.2. The predicted molar refractivity (Wildman–Crippen MR) is 71.4 cm³/mol. The van der Waals surface area contributed by atoms with E-state index in [1.54, 1.807) is 0 Å². The first-order valence-electron chi connectivity index (χ1n) is 5.81. The minimum absolute atomic E-state index is 0.110. The number of benzene rings is 1. The molecule has 0 saturated carbocycles. The van der Waals surface area contributed by atoms with Crippen LogP contribution in [0.25, 0.3) is 0 Å². The summed E-state index contributed by atoms with van der Waals surface area (Å²) in [5, 5.41) is 8.69. The Morgan fingerprint density at radius 2 is 1.86 bits per heavy atom. The molecule has 1 aromatic carbocycles. The lowest BCUT2D eigenvalue weighted by Crippen LogP contribution is -2.38. The fraction of sp³-hybridized carbons (Fsp3) is 0.333. The Bertz CT molecular complexity index is 609. The monoisotopic (exact) mass is 317 g/mol. The third-order valence-corrected chi connectivity index (χ3v) is 3.98. The van der Waals surface area contributed by atoms with E-state index in [2.05, 4.69) is 4.74 Å². The van der Waals surface area contributed by atoms with Gasteiger partial charge in [-0.15, -0.1) is 0 Å². The quantitative estimate of drug-likeness (QED) is 0.679. The molecular weight excluding hydrogens is 302 g/mol. The highest BCUT2D eigenvalue weighted by atomic mass is 32.2. The highest BCUT2D eigenvalue weighted by Gasteiger charge is 2.21. The molecule has 1 rings (SSSR count). The van der Waals surface area contributed by atoms with Crippen LogP contribution in [0, 0.1) is 0 Å². The second kappa shape index (κ2) is 7.04. The number of rotatable bonds is 7. The molecule has 8 nitrogen and oxygen atoms in total. The standard InChI is InChI=1S/C12H15NO7S/c1-8(12(15)16)13-21(17,18)10-5-3-9(4-6-10)20-7-11(14)19-2/h3-6,8,13H,7H2,1-2H3,(H,15,16). The van der Waals surface area contributed by atoms with E-state index in [1.807, 2.05) is 4.72 Å². The Hall–Kier alpha value is -2.13. The second-order valence-corrected chi connectivity index (χ2v) is 5.73. The summed E-state index contributed by atoms with van der Waals surface area (Å²) in [7, 11) is -2.72. The zero-order valence-corrected chi connectivity index (χ0v) is 12.2. The van der Waals surface area contributed by atoms with E-state index in [0.717, 1.165) is 0 Å². The van der Waals surface area contributed by atoms with Crippen molar-refractivity contribution in [1.29, 1.82) is 0 Å². The lowest BCUT2D eigenvalue weighted by atomic mass is 10.3. The Labute approximate surface area is 121 Å². The minimum atomic E-state index is -3.94. The molecular formula is C12H15NO7S. The van der Waals surface area contributed by atoms with Gasteiger partial charge >= 0.3 is 11.9 Å². The number of aliphatic carboxylic acids is 1. The Balaban J connectivity index is 2.77. The normalized spacial score (nSPS) is 12.5. The van der Waals surface area contributed by atoms with Crippen molar-refractivity contribution in [1.82, 2.24) is 4.72 Å². The molecule has 0 radical (unpaired) electrons. The van der Waals surface area contributed by atoms with Gasteiger partial charge < -0.3 is 14.6 Å². The van der Waals surface area contributed by atoms with Crippen LogP contribution in [0.5, 0.6) is 5.75 Å². The van der Waals surface area contributed by atoms with Gasteiger partial charge in [-0.3, -0.25) is 4.79 Å². The molecule has 0 bridgehead atoms. The fourth-order valence-corrected chi connectivity index (χ4v) is 2.46. The number of carbonyl (C=O) groups excluding carboxylic acids is 1. The summed E-state index contributed by atoms with van der Waals surface area (Å²) in [5.41, 5.74) is 0. The maximum absolute atomic E-state index is 11.9. The highest BCUT2D eigenvalue weighted by molar-refractivity contribution is 7.89. The molecule has 0 aliphatic rings. The Morgan fingerprint density at radius 3 is 2.33 bits per heavy atom. The van der Waals surface area contributed by atoms with Gasteiger partial charge in [0, 0.05) is 0 Å². The van der Waals surface area contributed by atoms with Crippen molar-refractivity contribution in [3.8, 4) is 5.75 Å². The summed E-state index contributed by atoms with van der Waals surface area (Å²) in [6.45, 7) is 0.921. The first-order valence-corrected chi connectivity index (χ1v) is 7.29. The largest absolute Gasteiger partial charge is 0.482 e. The van der Waals surface area contributed by atoms with Crippen molar-refractivity contribution in [2.75, 3.05) is 13.7 Å². The molecule has 1 unspecified atom stereocenters. The van der Waals surface area contributed by atoms with E-state index in [4.69, 9.17) is 9.84 Å². The van der Waals surface area contributed by atoms with Crippen LogP contribution < -0.4 is 9.46 Å². The van der Waals surface area contributed by atoms with Gasteiger partial charge in [0.05, 0.1) is 12.0 Å². The van der Waals surface area contributed by atoms with Crippen molar-refractivity contribution in [2.24, 2.45) is 0 Å². The van der Waals surface area contributed by atoms with Crippen molar-refractivity contribution < 1.29 is 32.6 Å². The molecule has 0 fully saturated rings. The zero-order valence-electron chi connectivity index (χ0n) is 11.4. The Morgan fingerprint density at radius 1 is 1.29 bits per heavy atom. The maximum atomic E-state index is 11.9. The van der Waals surface area contributed by atoms with Crippen molar-refractivity contribution in [3.63, 3.8) is 0 Å². The molecule has 0 spiro atoms. The van der Waals surface area contributed by atoms with Crippen LogP contribution in [0.3, 0.4) is 0 Å². The maximum Gasteiger partial charge on any atom is 0.343 e. The summed E-state index contributed by atoms with van der Waals surface area (Å²) in [6.07, 6.45) is 0. The van der Waals surface area contributed by atoms with Crippen molar-refractivity contribution >= 4 is 22.0 Å². The van der Waals surface area contributed by atoms with E-state index in [1.165, 1.54) is 38.3 Å². The molecule has 0 aliphatic heterocycles. The Kier molecular flexibility index (Phi) is 5.68. The number of esters is 1. The van der Waals surface area contributed by atoms with Crippen LogP contribution in [-0.4, -0.2) is 45.2 Å². The van der Waals surface area contributed by atoms with Crippen molar-refractivity contribution in [3.05, 3.63) is 24.3 Å². The lowest BCUT2D eigenvalue weighted by molar-refractivity contribution is -0.143. The van der Waals surface area contributed by atoms with E-state index in [-0.39, 0.29) is 17.3 Å². The van der Waals surface area contributed by atoms with Gasteiger partial charge in [0.25, 0.3) is 0 Å². The van der Waals surface area contributed by atoms with E-state index >= 15 is 0 Å². The molecule has 0 amide bonds. The van der Waals surface area contributed by atoms with Gasteiger partial charge in [0.15, 0.2) is 6.61 Å². The third-order valence-electron chi connectivity index (χ3n) is 2.42. The molecule has 21 heavy (non-hydrogen) atoms. The number of hydrogen-bond acceptors (Lipinski definition) is 6. The van der Waals surface area contributed by atoms with Gasteiger partial charge in [-0.05, 0) is 31.2 Å². The predicted octanol–water partition coefficient (Wildman–Crippen LogP) is -0.0102. The van der Waals surface area contributed by atoms with E-state index in [0.29, 0.717) is 0 Å². The molecule has 1 aromatic rings. The molecule has 0 aromatic heterocycles. The number of carboxylic acids is 1. The molecule has 0 heterocycles. The number of carboxylic acid groups (broad SMARTS) is 1. The minimum Gasteiger partial charge on any atom is -0.482 e. The number of hydrogen-bond donors (Lipinski definition) is 2. The first-order chi connectivity index (χ1) is 9.76. The SMILES string of the molecule is COC(=O)COc1ccc(S(=O)(=O)NC(C)C(=O)O)cc1. The average Bonchev–Trinajstić information content (AvgIpc) is 2.44. The van der Waals surface area contributed by atoms with Crippen LogP contribution in [-0.2, 0) is 24.3 Å². The lowest BCUT2D eigenvalue weighted by Gasteiger charge is -2.11. The van der Waals surface area contributed by atoms with Crippen LogP contribution in [0.1, 0.15) is 6.92 Å². The van der Waals surface area contributed by atoms with Crippen LogP contribution in [0.4, 0.5) is 0 Å². The number of carbonyl (C=O) groups is 2. The van der Waals surface area contributed by atoms with Gasteiger partial charge in [0.2, 0.25) is 10.0 Å². The molecule has 116 valence electrons. The summed E-state index contributed by atoms with van der Waals surface area (Å²) in [6, 6.07) is 3.93. The van der Waals surface area contributed by atoms with E-state index < -0.39 is 28.0 Å². The molecule has 9 heteroatoms. The van der Waals surface area contributed by atoms with E-state index in [9.17, 15) is 18.0 Å². The number of ether oxygens (including phenoxy) is 2. The summed E-state index contributed by atoms with van der Waals surface area (Å²) in [4.78, 5) is 21.4. The second-order valence-electron chi connectivity index (χ2n) is 4.02. The van der Waals surface area contributed by atoms with Gasteiger partial charge in [0.1, 0.15) is 11.8 Å². The highest BCUT2D eigenvalue weighted by Crippen LogP contribution is 2.16. The topological polar surface area (TPSA) is 119 Å². The van der Waals surface area contributed by atoms with Gasteiger partial charge in [-0.1, -0.05) is 0 Å². The molecule has 0 aliphatic carbocycles. The zero-order chi connectivity index (χ0) is 16.0. The summed E-state index contributed by atoms with van der Waals surface area (Å²) in [5.74, 6) is -1.56. The summed E-state index contributed by atoms with van der Waals surface area (Å²) >= 11 is 0. The van der Waals surface area contributed by atoms with Crippen LogP contribution in [0.15, 0.2) is 29.2 Å². The number of methoxy groups -OCH3 is 1. The fourth-order valence-electron chi connectivity index (χ4n) is 1.27. The molecule has 0 saturated heterocycles. The van der Waals surface area contributed by atoms with Crippen LogP contribution >= 0.6 is 0 Å². The number of nitrogens with one attached hydrogen (secondary N) is 1. The van der Waals surface area contributed by atoms with Crippen molar-refractivity contribution in [2.45, 2.75) is 17.9 Å². The smallest absolute Gasteiger partial charge is 0.343 e. The van der Waals surface area contributed by atoms with Crippen LogP contribution in [0.2, 0.25) is 0 Å². The third kappa shape index (κ3) is 5.04. The van der Waals surface area contributed by atoms with Gasteiger partial charge in [-0.25, -0.2) is 13.2 Å². The first kappa shape index (κ1) is 16.9. The molecule has 2 N–H and O–H groups in total. The van der Waals surface area contributed by atoms with Gasteiger partial charge in [-0.2, -0.15) is 4.72 Å².